The number of halogens is 1. The Morgan fingerprint density at radius 1 is 1.08 bits per heavy atom. The van der Waals surface area contributed by atoms with Gasteiger partial charge in [-0.1, -0.05) is 24.3 Å². The van der Waals surface area contributed by atoms with Gasteiger partial charge in [0.15, 0.2) is 0 Å². The van der Waals surface area contributed by atoms with Gasteiger partial charge in [-0.05, 0) is 40.2 Å². The van der Waals surface area contributed by atoms with Crippen LogP contribution in [0.3, 0.4) is 0 Å². The Morgan fingerprint density at radius 2 is 1.80 bits per heavy atom. The van der Waals surface area contributed by atoms with E-state index < -0.39 is 0 Å². The minimum absolute atomic E-state index is 0.00456. The van der Waals surface area contributed by atoms with Crippen LogP contribution < -0.4 is 9.80 Å². The van der Waals surface area contributed by atoms with Gasteiger partial charge >= 0.3 is 0 Å². The molecule has 6 heteroatoms. The van der Waals surface area contributed by atoms with Gasteiger partial charge < -0.3 is 9.80 Å². The van der Waals surface area contributed by atoms with E-state index in [1.54, 1.807) is 16.7 Å². The summed E-state index contributed by atoms with van der Waals surface area (Å²) in [7, 11) is 0. The largest absolute Gasteiger partial charge is 0.310 e. The van der Waals surface area contributed by atoms with Crippen LogP contribution in [0.1, 0.15) is 6.42 Å². The van der Waals surface area contributed by atoms with Gasteiger partial charge in [-0.3, -0.25) is 9.59 Å². The molecule has 0 spiro atoms. The van der Waals surface area contributed by atoms with Crippen molar-refractivity contribution in [3.63, 3.8) is 0 Å². The third-order valence-electron chi connectivity index (χ3n) is 4.61. The van der Waals surface area contributed by atoms with E-state index in [1.807, 2.05) is 53.4 Å². The Kier molecular flexibility index (Phi) is 4.56. The smallest absolute Gasteiger partial charge is 0.232 e. The molecule has 2 aliphatic rings. The molecule has 0 bridgehead atoms. The number of hydrogen-bond donors (Lipinski definition) is 0. The normalized spacial score (nSPS) is 19.9. The number of fused-ring (bicyclic) bond motifs is 1. The molecule has 4 nitrogen and oxygen atoms in total. The first kappa shape index (κ1) is 16.7. The van der Waals surface area contributed by atoms with Crippen LogP contribution in [-0.2, 0) is 9.59 Å². The highest BCUT2D eigenvalue weighted by atomic mass is 79.9. The molecular weight excluding hydrogens is 400 g/mol. The van der Waals surface area contributed by atoms with Crippen molar-refractivity contribution in [1.29, 1.82) is 0 Å². The maximum atomic E-state index is 13.1. The summed E-state index contributed by atoms with van der Waals surface area (Å²) in [4.78, 5) is 30.3. The van der Waals surface area contributed by atoms with Gasteiger partial charge in [0, 0.05) is 34.6 Å². The van der Waals surface area contributed by atoms with E-state index in [-0.39, 0.29) is 24.2 Å². The van der Waals surface area contributed by atoms with Crippen molar-refractivity contribution in [3.8, 4) is 0 Å². The monoisotopic (exact) mass is 416 g/mol. The number of nitrogens with zero attached hydrogens (tertiary/aromatic N) is 2. The Morgan fingerprint density at radius 3 is 2.60 bits per heavy atom. The van der Waals surface area contributed by atoms with Crippen LogP contribution in [0.25, 0.3) is 0 Å². The molecule has 1 fully saturated rings. The summed E-state index contributed by atoms with van der Waals surface area (Å²) in [6, 6.07) is 15.6. The van der Waals surface area contributed by atoms with E-state index in [0.717, 1.165) is 26.5 Å². The SMILES string of the molecule is O=C1CC(C(=O)N2CCSc3ccccc32)CN1c1ccccc1Br. The van der Waals surface area contributed by atoms with Crippen molar-refractivity contribution in [3.05, 3.63) is 53.0 Å². The second kappa shape index (κ2) is 6.84. The van der Waals surface area contributed by atoms with Crippen LogP contribution in [0, 0.1) is 5.92 Å². The zero-order chi connectivity index (χ0) is 17.4. The molecule has 1 saturated heterocycles. The summed E-state index contributed by atoms with van der Waals surface area (Å²) < 4.78 is 0.871. The first-order chi connectivity index (χ1) is 12.1. The zero-order valence-corrected chi connectivity index (χ0v) is 15.9. The molecule has 2 heterocycles. The molecule has 128 valence electrons. The van der Waals surface area contributed by atoms with Gasteiger partial charge in [0.2, 0.25) is 11.8 Å². The van der Waals surface area contributed by atoms with E-state index >= 15 is 0 Å². The fourth-order valence-electron chi connectivity index (χ4n) is 3.40. The van der Waals surface area contributed by atoms with Crippen molar-refractivity contribution >= 4 is 50.9 Å². The van der Waals surface area contributed by atoms with E-state index in [1.165, 1.54) is 0 Å². The number of hydrogen-bond acceptors (Lipinski definition) is 3. The number of para-hydroxylation sites is 2. The van der Waals surface area contributed by atoms with Crippen molar-refractivity contribution in [2.75, 3.05) is 28.6 Å². The average molecular weight is 417 g/mol. The number of carbonyl (C=O) groups is 2. The van der Waals surface area contributed by atoms with Gasteiger partial charge in [-0.2, -0.15) is 0 Å². The van der Waals surface area contributed by atoms with Crippen LogP contribution >= 0.6 is 27.7 Å². The molecule has 0 aliphatic carbocycles. The second-order valence-corrected chi connectivity index (χ2v) is 8.15. The lowest BCUT2D eigenvalue weighted by Crippen LogP contribution is -2.40. The van der Waals surface area contributed by atoms with Crippen molar-refractivity contribution in [1.82, 2.24) is 0 Å². The predicted octanol–water partition coefficient (Wildman–Crippen LogP) is 3.94. The first-order valence-corrected chi connectivity index (χ1v) is 10.0. The lowest BCUT2D eigenvalue weighted by atomic mass is 10.1. The lowest BCUT2D eigenvalue weighted by Gasteiger charge is -2.30. The summed E-state index contributed by atoms with van der Waals surface area (Å²) >= 11 is 5.27. The molecule has 1 atom stereocenters. The van der Waals surface area contributed by atoms with Gasteiger partial charge in [-0.15, -0.1) is 11.8 Å². The first-order valence-electron chi connectivity index (χ1n) is 8.23. The molecule has 0 N–H and O–H groups in total. The number of anilines is 2. The Balaban J connectivity index is 1.57. The lowest BCUT2D eigenvalue weighted by molar-refractivity contribution is -0.124. The highest BCUT2D eigenvalue weighted by Crippen LogP contribution is 2.37. The van der Waals surface area contributed by atoms with Gasteiger partial charge in [0.25, 0.3) is 0 Å². The summed E-state index contributed by atoms with van der Waals surface area (Å²) in [6.45, 7) is 1.13. The number of amides is 2. The molecule has 25 heavy (non-hydrogen) atoms. The number of thioether (sulfide) groups is 1. The summed E-state index contributed by atoms with van der Waals surface area (Å²) in [6.07, 6.45) is 0.270. The minimum Gasteiger partial charge on any atom is -0.310 e. The molecular formula is C19H17BrN2O2S. The number of carbonyl (C=O) groups excluding carboxylic acids is 2. The van der Waals surface area contributed by atoms with Gasteiger partial charge in [0.1, 0.15) is 0 Å². The van der Waals surface area contributed by atoms with E-state index in [4.69, 9.17) is 0 Å². The second-order valence-electron chi connectivity index (χ2n) is 6.16. The maximum absolute atomic E-state index is 13.1. The molecule has 0 aromatic heterocycles. The maximum Gasteiger partial charge on any atom is 0.232 e. The average Bonchev–Trinajstić information content (AvgIpc) is 3.02. The summed E-state index contributed by atoms with van der Waals surface area (Å²) in [5, 5.41) is 0. The molecule has 4 rings (SSSR count). The molecule has 2 aromatic rings. The summed E-state index contributed by atoms with van der Waals surface area (Å²) in [5.41, 5.74) is 1.80. The quantitative estimate of drug-likeness (QED) is 0.744. The van der Waals surface area contributed by atoms with Crippen molar-refractivity contribution in [2.45, 2.75) is 11.3 Å². The standard InChI is InChI=1S/C19H17BrN2O2S/c20-14-5-1-2-6-15(14)22-12-13(11-18(22)23)19(24)21-9-10-25-17-8-4-3-7-16(17)21/h1-8,13H,9-12H2. The van der Waals surface area contributed by atoms with E-state index in [2.05, 4.69) is 15.9 Å². The van der Waals surface area contributed by atoms with E-state index in [0.29, 0.717) is 13.1 Å². The van der Waals surface area contributed by atoms with Crippen LogP contribution in [0.15, 0.2) is 57.9 Å². The third kappa shape index (κ3) is 3.09. The number of rotatable bonds is 2. The highest BCUT2D eigenvalue weighted by Gasteiger charge is 2.39. The van der Waals surface area contributed by atoms with Crippen molar-refractivity contribution in [2.24, 2.45) is 5.92 Å². The summed E-state index contributed by atoms with van der Waals surface area (Å²) in [5.74, 6) is 0.647. The Labute approximate surface area is 159 Å². The molecule has 0 radical (unpaired) electrons. The Bertz CT molecular complexity index is 842. The fraction of sp³-hybridized carbons (Fsp3) is 0.263. The number of benzene rings is 2. The Hall–Kier alpha value is -1.79. The fourth-order valence-corrected chi connectivity index (χ4v) is 4.89. The topological polar surface area (TPSA) is 40.6 Å². The van der Waals surface area contributed by atoms with Gasteiger partial charge in [0.05, 0.1) is 17.3 Å². The third-order valence-corrected chi connectivity index (χ3v) is 6.33. The molecule has 2 aromatic carbocycles. The molecule has 1 unspecified atom stereocenters. The minimum atomic E-state index is -0.296. The van der Waals surface area contributed by atoms with Crippen molar-refractivity contribution < 1.29 is 9.59 Å². The molecule has 2 amide bonds. The highest BCUT2D eigenvalue weighted by molar-refractivity contribution is 9.10. The molecule has 2 aliphatic heterocycles. The van der Waals surface area contributed by atoms with E-state index in [9.17, 15) is 9.59 Å². The molecule has 0 saturated carbocycles. The van der Waals surface area contributed by atoms with Crippen LogP contribution in [0.2, 0.25) is 0 Å². The predicted molar refractivity (Wildman–Crippen MR) is 104 cm³/mol. The zero-order valence-electron chi connectivity index (χ0n) is 13.5. The van der Waals surface area contributed by atoms with Crippen LogP contribution in [0.4, 0.5) is 11.4 Å². The van der Waals surface area contributed by atoms with Gasteiger partial charge in [-0.25, -0.2) is 0 Å². The van der Waals surface area contributed by atoms with Crippen LogP contribution in [-0.4, -0.2) is 30.7 Å². The van der Waals surface area contributed by atoms with Crippen LogP contribution in [0.5, 0.6) is 0 Å².